The zero-order valence-electron chi connectivity index (χ0n) is 14.8. The van der Waals surface area contributed by atoms with Crippen molar-refractivity contribution in [2.45, 2.75) is 6.92 Å². The molecule has 0 N–H and O–H groups in total. The maximum Gasteiger partial charge on any atom is 0.334 e. The van der Waals surface area contributed by atoms with Crippen molar-refractivity contribution in [1.82, 2.24) is 0 Å². The van der Waals surface area contributed by atoms with Crippen LogP contribution in [0.2, 0.25) is 0 Å². The van der Waals surface area contributed by atoms with Gasteiger partial charge in [0.2, 0.25) is 0 Å². The van der Waals surface area contributed by atoms with Crippen LogP contribution in [0, 0.1) is 0 Å². The van der Waals surface area contributed by atoms with Crippen molar-refractivity contribution in [2.75, 3.05) is 6.61 Å². The number of benzene rings is 3. The summed E-state index contributed by atoms with van der Waals surface area (Å²) in [5.41, 5.74) is 0. The normalized spacial score (nSPS) is 11.4. The number of rotatable bonds is 6. The summed E-state index contributed by atoms with van der Waals surface area (Å²) in [5.74, 6) is 1.75. The Morgan fingerprint density at radius 1 is 0.769 bits per heavy atom. The Balaban J connectivity index is 2.26. The summed E-state index contributed by atoms with van der Waals surface area (Å²) in [6.45, 7) is 2.19. The lowest BCUT2D eigenvalue weighted by molar-refractivity contribution is -0.137. The molecule has 3 aromatic rings. The zero-order chi connectivity index (χ0) is 18.2. The molecule has 0 spiro atoms. The van der Waals surface area contributed by atoms with Gasteiger partial charge in [-0.1, -0.05) is 54.6 Å². The average molecular weight is 361 g/mol. The van der Waals surface area contributed by atoms with Crippen LogP contribution in [0.25, 0.3) is 0 Å². The zero-order valence-corrected chi connectivity index (χ0v) is 15.7. The highest BCUT2D eigenvalue weighted by Gasteiger charge is 2.43. The third-order valence-corrected chi connectivity index (χ3v) is 8.15. The molecule has 0 bridgehead atoms. The fourth-order valence-corrected chi connectivity index (χ4v) is 6.74. The summed E-state index contributed by atoms with van der Waals surface area (Å²) >= 11 is 0. The second kappa shape index (κ2) is 8.60. The predicted molar refractivity (Wildman–Crippen MR) is 111 cm³/mol. The second-order valence-corrected chi connectivity index (χ2v) is 9.09. The quantitative estimate of drug-likeness (QED) is 0.376. The van der Waals surface area contributed by atoms with Crippen molar-refractivity contribution < 1.29 is 9.53 Å². The molecule has 0 aliphatic rings. The molecule has 0 atom stereocenters. The van der Waals surface area contributed by atoms with Crippen molar-refractivity contribution in [3.63, 3.8) is 0 Å². The van der Waals surface area contributed by atoms with E-state index in [1.54, 1.807) is 6.08 Å². The van der Waals surface area contributed by atoms with Gasteiger partial charge in [0.15, 0.2) is 0 Å². The third kappa shape index (κ3) is 3.76. The first-order valence-corrected chi connectivity index (χ1v) is 10.5. The Labute approximate surface area is 155 Å². The van der Waals surface area contributed by atoms with E-state index in [0.29, 0.717) is 6.61 Å². The minimum atomic E-state index is -2.11. The highest BCUT2D eigenvalue weighted by atomic mass is 31.2. The van der Waals surface area contributed by atoms with Crippen molar-refractivity contribution in [1.29, 1.82) is 0 Å². The van der Waals surface area contributed by atoms with Crippen molar-refractivity contribution >= 4 is 29.1 Å². The number of hydrogen-bond acceptors (Lipinski definition) is 2. The maximum atomic E-state index is 12.1. The van der Waals surface area contributed by atoms with Gasteiger partial charge in [0.05, 0.1) is 18.5 Å². The molecule has 0 aliphatic heterocycles. The minimum Gasteiger partial charge on any atom is -0.463 e. The van der Waals surface area contributed by atoms with E-state index in [2.05, 4.69) is 42.2 Å². The summed E-state index contributed by atoms with van der Waals surface area (Å²) in [6, 6.07) is 31.2. The van der Waals surface area contributed by atoms with Gasteiger partial charge < -0.3 is 4.74 Å². The number of hydrogen-bond donors (Lipinski definition) is 0. The van der Waals surface area contributed by atoms with E-state index in [9.17, 15) is 4.79 Å². The number of esters is 1. The monoisotopic (exact) mass is 361 g/mol. The molecule has 3 heteroatoms. The summed E-state index contributed by atoms with van der Waals surface area (Å²) in [7, 11) is -2.11. The third-order valence-electron chi connectivity index (χ3n) is 4.21. The first-order valence-electron chi connectivity index (χ1n) is 8.69. The van der Waals surface area contributed by atoms with Gasteiger partial charge in [-0.3, -0.25) is 0 Å². The minimum absolute atomic E-state index is 0.306. The Morgan fingerprint density at radius 2 is 1.15 bits per heavy atom. The first kappa shape index (κ1) is 18.1. The average Bonchev–Trinajstić information content (AvgIpc) is 2.71. The van der Waals surface area contributed by atoms with Crippen molar-refractivity contribution in [2.24, 2.45) is 0 Å². The van der Waals surface area contributed by atoms with Gasteiger partial charge in [-0.05, 0) is 43.3 Å². The van der Waals surface area contributed by atoms with E-state index in [4.69, 9.17) is 4.74 Å². The van der Waals surface area contributed by atoms with Gasteiger partial charge in [0.25, 0.3) is 0 Å². The van der Waals surface area contributed by atoms with Crippen LogP contribution in [0.3, 0.4) is 0 Å². The van der Waals surface area contributed by atoms with Crippen molar-refractivity contribution in [3.8, 4) is 0 Å². The van der Waals surface area contributed by atoms with E-state index in [1.807, 2.05) is 61.5 Å². The molecule has 26 heavy (non-hydrogen) atoms. The van der Waals surface area contributed by atoms with Crippen LogP contribution in [0.1, 0.15) is 6.92 Å². The molecular weight excluding hydrogens is 339 g/mol. The molecule has 0 amide bonds. The summed E-state index contributed by atoms with van der Waals surface area (Å²) in [4.78, 5) is 12.1. The summed E-state index contributed by atoms with van der Waals surface area (Å²) in [5, 5.41) is 3.62. The second-order valence-electron chi connectivity index (χ2n) is 5.80. The largest absolute Gasteiger partial charge is 0.463 e. The lowest BCUT2D eigenvalue weighted by Crippen LogP contribution is -2.29. The Morgan fingerprint density at radius 3 is 1.50 bits per heavy atom. The first-order chi connectivity index (χ1) is 12.8. The number of carbonyl (C=O) groups excluding carboxylic acids is 1. The molecule has 0 heterocycles. The van der Waals surface area contributed by atoms with E-state index < -0.39 is 7.26 Å². The van der Waals surface area contributed by atoms with E-state index in [-0.39, 0.29) is 5.97 Å². The molecule has 3 aromatic carbocycles. The highest BCUT2D eigenvalue weighted by Crippen LogP contribution is 2.56. The fraction of sp³-hybridized carbons (Fsp3) is 0.0870. The van der Waals surface area contributed by atoms with Crippen LogP contribution < -0.4 is 15.9 Å². The molecule has 0 saturated heterocycles. The molecule has 0 aliphatic carbocycles. The maximum absolute atomic E-state index is 12.1. The molecule has 0 fully saturated rings. The van der Waals surface area contributed by atoms with Crippen LogP contribution in [-0.2, 0) is 9.53 Å². The molecule has 0 aromatic heterocycles. The van der Waals surface area contributed by atoms with Gasteiger partial charge in [-0.25, -0.2) is 4.79 Å². The fourth-order valence-electron chi connectivity index (χ4n) is 3.06. The number of carbonyl (C=O) groups is 1. The Kier molecular flexibility index (Phi) is 5.99. The van der Waals surface area contributed by atoms with Crippen LogP contribution in [0.5, 0.6) is 0 Å². The summed E-state index contributed by atoms with van der Waals surface area (Å²) < 4.78 is 5.14. The SMILES string of the molecule is CCOC(=O)/C=C/[P+](c1ccccc1)(c1ccccc1)c1ccccc1. The topological polar surface area (TPSA) is 26.3 Å². The van der Waals surface area contributed by atoms with Gasteiger partial charge >= 0.3 is 5.97 Å². The lowest BCUT2D eigenvalue weighted by Gasteiger charge is -2.23. The van der Waals surface area contributed by atoms with E-state index in [1.165, 1.54) is 15.9 Å². The molecule has 0 radical (unpaired) electrons. The van der Waals surface area contributed by atoms with E-state index >= 15 is 0 Å². The smallest absolute Gasteiger partial charge is 0.334 e. The summed E-state index contributed by atoms with van der Waals surface area (Å²) in [6.07, 6.45) is 1.59. The van der Waals surface area contributed by atoms with Crippen LogP contribution in [0.4, 0.5) is 0 Å². The highest BCUT2D eigenvalue weighted by molar-refractivity contribution is 7.98. The van der Waals surface area contributed by atoms with Crippen LogP contribution in [-0.4, -0.2) is 12.6 Å². The molecule has 3 rings (SSSR count). The predicted octanol–water partition coefficient (Wildman–Crippen LogP) is 4.06. The van der Waals surface area contributed by atoms with Crippen molar-refractivity contribution in [3.05, 3.63) is 103 Å². The Hall–Kier alpha value is -2.70. The van der Waals surface area contributed by atoms with Gasteiger partial charge in [-0.2, -0.15) is 0 Å². The van der Waals surface area contributed by atoms with Gasteiger partial charge in [0.1, 0.15) is 23.2 Å². The standard InChI is InChI=1S/C23H22O2P/c1-2-25-23(24)18-19-26(20-12-6-3-7-13-20,21-14-8-4-9-15-21)22-16-10-5-11-17-22/h3-19H,2H2,1H3/q+1/b19-18+. The molecule has 2 nitrogen and oxygen atoms in total. The van der Waals surface area contributed by atoms with Crippen LogP contribution in [0.15, 0.2) is 103 Å². The van der Waals surface area contributed by atoms with E-state index in [0.717, 1.165) is 0 Å². The molecule has 0 saturated carbocycles. The van der Waals surface area contributed by atoms with Gasteiger partial charge in [0, 0.05) is 0 Å². The molecular formula is C23H22O2P+. The lowest BCUT2D eigenvalue weighted by atomic mass is 10.4. The number of ether oxygens (including phenoxy) is 1. The molecule has 130 valence electrons. The molecule has 0 unspecified atom stereocenters. The van der Waals surface area contributed by atoms with Crippen LogP contribution >= 0.6 is 7.26 Å². The Bertz CT molecular complexity index is 762. The van der Waals surface area contributed by atoms with Gasteiger partial charge in [-0.15, -0.1) is 0 Å².